The first-order chi connectivity index (χ1) is 13.9. The number of hydrogen-bond donors (Lipinski definition) is 3. The number of rotatable bonds is 9. The van der Waals surface area contributed by atoms with Crippen LogP contribution in [0.3, 0.4) is 0 Å². The van der Waals surface area contributed by atoms with Gasteiger partial charge in [-0.25, -0.2) is 22.0 Å². The highest BCUT2D eigenvalue weighted by Crippen LogP contribution is 2.21. The Kier molecular flexibility index (Phi) is 7.45. The van der Waals surface area contributed by atoms with E-state index in [4.69, 9.17) is 9.88 Å². The highest BCUT2D eigenvalue weighted by atomic mass is 32.2. The van der Waals surface area contributed by atoms with Crippen molar-refractivity contribution < 1.29 is 26.4 Å². The van der Waals surface area contributed by atoms with Crippen molar-refractivity contribution in [3.63, 3.8) is 0 Å². The maximum atomic E-state index is 12.5. The Hall–Kier alpha value is -2.63. The van der Waals surface area contributed by atoms with Crippen LogP contribution in [0.25, 0.3) is 0 Å². The predicted molar refractivity (Wildman–Crippen MR) is 113 cm³/mol. The summed E-state index contributed by atoms with van der Waals surface area (Å²) in [5.74, 6) is 0.401. The lowest BCUT2D eigenvalue weighted by Gasteiger charge is -2.16. The molecule has 0 aliphatic carbocycles. The maximum absolute atomic E-state index is 12.5. The number of carbonyl (C=O) groups is 1. The van der Waals surface area contributed by atoms with Crippen LogP contribution in [-0.2, 0) is 24.8 Å². The summed E-state index contributed by atoms with van der Waals surface area (Å²) in [6.07, 6.45) is -0.735. The second-order valence-electron chi connectivity index (χ2n) is 7.05. The van der Waals surface area contributed by atoms with Gasteiger partial charge in [0, 0.05) is 12.2 Å². The van der Waals surface area contributed by atoms with Crippen LogP contribution in [0.4, 0.5) is 5.69 Å². The minimum Gasteiger partial charge on any atom is -0.481 e. The monoisotopic (exact) mass is 455 g/mol. The molecule has 0 saturated carbocycles. The molecular weight excluding hydrogens is 430 g/mol. The molecular formula is C19H25N3O6S2. The first-order valence-corrected chi connectivity index (χ1v) is 12.1. The average Bonchev–Trinajstić information content (AvgIpc) is 2.65. The van der Waals surface area contributed by atoms with E-state index in [1.165, 1.54) is 48.5 Å². The van der Waals surface area contributed by atoms with E-state index < -0.39 is 26.2 Å². The van der Waals surface area contributed by atoms with Crippen molar-refractivity contribution >= 4 is 31.6 Å². The van der Waals surface area contributed by atoms with Crippen molar-refractivity contribution in [3.05, 3.63) is 48.5 Å². The SMILES string of the molecule is CC(C)CNC(=O)[C@@H](C)Oc1ccc(S(=O)(=O)Nc2ccc(S(N)(=O)=O)cc2)cc1. The van der Waals surface area contributed by atoms with Crippen molar-refractivity contribution in [1.29, 1.82) is 0 Å². The van der Waals surface area contributed by atoms with E-state index in [0.717, 1.165) is 0 Å². The van der Waals surface area contributed by atoms with Crippen LogP contribution in [-0.4, -0.2) is 35.4 Å². The van der Waals surface area contributed by atoms with Gasteiger partial charge in [-0.3, -0.25) is 9.52 Å². The van der Waals surface area contributed by atoms with Crippen molar-refractivity contribution in [2.45, 2.75) is 36.7 Å². The zero-order valence-electron chi connectivity index (χ0n) is 16.8. The molecule has 0 saturated heterocycles. The van der Waals surface area contributed by atoms with Gasteiger partial charge in [0.1, 0.15) is 5.75 Å². The largest absolute Gasteiger partial charge is 0.481 e. The molecule has 0 aliphatic heterocycles. The number of nitrogens with two attached hydrogens (primary N) is 1. The quantitative estimate of drug-likeness (QED) is 0.524. The number of anilines is 1. The molecule has 9 nitrogen and oxygen atoms in total. The maximum Gasteiger partial charge on any atom is 0.261 e. The Balaban J connectivity index is 2.04. The van der Waals surface area contributed by atoms with E-state index >= 15 is 0 Å². The third kappa shape index (κ3) is 6.71. The van der Waals surface area contributed by atoms with Crippen LogP contribution < -0.4 is 19.9 Å². The van der Waals surface area contributed by atoms with Gasteiger partial charge in [-0.2, -0.15) is 0 Å². The molecule has 1 atom stereocenters. The number of amides is 1. The van der Waals surface area contributed by atoms with Gasteiger partial charge in [0.2, 0.25) is 10.0 Å². The second-order valence-corrected chi connectivity index (χ2v) is 10.3. The molecule has 11 heteroatoms. The van der Waals surface area contributed by atoms with Gasteiger partial charge in [0.05, 0.1) is 9.79 Å². The molecule has 0 bridgehead atoms. The van der Waals surface area contributed by atoms with Gasteiger partial charge in [0.25, 0.3) is 15.9 Å². The van der Waals surface area contributed by atoms with Crippen molar-refractivity contribution in [1.82, 2.24) is 5.32 Å². The topological polar surface area (TPSA) is 145 Å². The Morgan fingerprint density at radius 2 is 1.47 bits per heavy atom. The van der Waals surface area contributed by atoms with Crippen LogP contribution >= 0.6 is 0 Å². The normalized spacial score (nSPS) is 13.0. The number of benzene rings is 2. The Labute approximate surface area is 176 Å². The fourth-order valence-electron chi connectivity index (χ4n) is 2.33. The highest BCUT2D eigenvalue weighted by molar-refractivity contribution is 7.92. The summed E-state index contributed by atoms with van der Waals surface area (Å²) in [7, 11) is -7.77. The van der Waals surface area contributed by atoms with E-state index in [-0.39, 0.29) is 21.4 Å². The van der Waals surface area contributed by atoms with Crippen LogP contribution in [0.15, 0.2) is 58.3 Å². The first kappa shape index (κ1) is 23.6. The molecule has 30 heavy (non-hydrogen) atoms. The van der Waals surface area contributed by atoms with E-state index in [2.05, 4.69) is 10.0 Å². The number of nitrogens with one attached hydrogen (secondary N) is 2. The lowest BCUT2D eigenvalue weighted by molar-refractivity contribution is -0.127. The number of hydrogen-bond acceptors (Lipinski definition) is 6. The summed E-state index contributed by atoms with van der Waals surface area (Å²) in [5, 5.41) is 7.78. The van der Waals surface area contributed by atoms with E-state index in [1.807, 2.05) is 13.8 Å². The molecule has 164 valence electrons. The van der Waals surface area contributed by atoms with Crippen molar-refractivity contribution in [2.24, 2.45) is 11.1 Å². The summed E-state index contributed by atoms with van der Waals surface area (Å²) in [6, 6.07) is 10.6. The molecule has 1 amide bonds. The Morgan fingerprint density at radius 3 is 1.97 bits per heavy atom. The molecule has 2 aromatic rings. The third-order valence-corrected chi connectivity index (χ3v) is 6.26. The van der Waals surface area contributed by atoms with Crippen LogP contribution in [0, 0.1) is 5.92 Å². The summed E-state index contributed by atoms with van der Waals surface area (Å²) in [6.45, 7) is 6.10. The number of sulfonamides is 2. The summed E-state index contributed by atoms with van der Waals surface area (Å²) in [4.78, 5) is 11.8. The molecule has 0 aliphatic rings. The minimum absolute atomic E-state index is 0.0257. The van der Waals surface area contributed by atoms with Gasteiger partial charge in [-0.15, -0.1) is 0 Å². The molecule has 0 unspecified atom stereocenters. The van der Waals surface area contributed by atoms with E-state index in [1.54, 1.807) is 6.92 Å². The van der Waals surface area contributed by atoms with Crippen LogP contribution in [0.1, 0.15) is 20.8 Å². The molecule has 2 aromatic carbocycles. The van der Waals surface area contributed by atoms with Crippen LogP contribution in [0.2, 0.25) is 0 Å². The minimum atomic E-state index is -3.91. The Bertz CT molecular complexity index is 1080. The van der Waals surface area contributed by atoms with E-state index in [9.17, 15) is 21.6 Å². The third-order valence-electron chi connectivity index (χ3n) is 3.94. The smallest absolute Gasteiger partial charge is 0.261 e. The second kappa shape index (κ2) is 9.45. The molecule has 0 heterocycles. The number of ether oxygens (including phenoxy) is 1. The average molecular weight is 456 g/mol. The summed E-state index contributed by atoms with van der Waals surface area (Å²) < 4.78 is 55.5. The van der Waals surface area contributed by atoms with Crippen molar-refractivity contribution in [2.75, 3.05) is 11.3 Å². The predicted octanol–water partition coefficient (Wildman–Crippen LogP) is 1.67. The summed E-state index contributed by atoms with van der Waals surface area (Å²) >= 11 is 0. The lowest BCUT2D eigenvalue weighted by atomic mass is 10.2. The number of primary sulfonamides is 1. The van der Waals surface area contributed by atoms with Crippen LogP contribution in [0.5, 0.6) is 5.75 Å². The molecule has 0 aromatic heterocycles. The standard InChI is InChI=1S/C19H25N3O6S2/c1-13(2)12-21-19(23)14(3)28-16-6-10-18(11-7-16)30(26,27)22-15-4-8-17(9-5-15)29(20,24)25/h4-11,13-14,22H,12H2,1-3H3,(H,21,23)(H2,20,24,25)/t14-/m1/s1. The fraction of sp³-hybridized carbons (Fsp3) is 0.316. The van der Waals surface area contributed by atoms with Gasteiger partial charge in [-0.1, -0.05) is 13.8 Å². The lowest BCUT2D eigenvalue weighted by Crippen LogP contribution is -2.38. The summed E-state index contributed by atoms with van der Waals surface area (Å²) in [5.41, 5.74) is 0.179. The molecule has 2 rings (SSSR count). The first-order valence-electron chi connectivity index (χ1n) is 9.08. The highest BCUT2D eigenvalue weighted by Gasteiger charge is 2.17. The zero-order chi connectivity index (χ0) is 22.5. The van der Waals surface area contributed by atoms with Gasteiger partial charge >= 0.3 is 0 Å². The number of carbonyl (C=O) groups excluding carboxylic acids is 1. The molecule has 4 N–H and O–H groups in total. The Morgan fingerprint density at radius 1 is 0.933 bits per heavy atom. The fourth-order valence-corrected chi connectivity index (χ4v) is 3.90. The molecule has 0 spiro atoms. The zero-order valence-corrected chi connectivity index (χ0v) is 18.5. The van der Waals surface area contributed by atoms with Gasteiger partial charge in [-0.05, 0) is 61.4 Å². The van der Waals surface area contributed by atoms with Crippen molar-refractivity contribution in [3.8, 4) is 5.75 Å². The van der Waals surface area contributed by atoms with Gasteiger partial charge in [0.15, 0.2) is 6.10 Å². The molecule has 0 radical (unpaired) electrons. The van der Waals surface area contributed by atoms with E-state index in [0.29, 0.717) is 18.2 Å². The van der Waals surface area contributed by atoms with Gasteiger partial charge < -0.3 is 10.1 Å². The molecule has 0 fully saturated rings.